The van der Waals surface area contributed by atoms with Crippen molar-refractivity contribution in [1.29, 1.82) is 0 Å². The Labute approximate surface area is 551 Å². The molecule has 3 aliphatic heterocycles. The molecule has 17 unspecified atom stereocenters. The molecule has 540 valence electrons. The maximum atomic E-state index is 13.5. The predicted octanol–water partition coefficient (Wildman–Crippen LogP) is 11.1. The van der Waals surface area contributed by atoms with Crippen LogP contribution in [0, 0.1) is 0 Å². The Hall–Kier alpha value is -1.21. The van der Waals surface area contributed by atoms with E-state index in [4.69, 9.17) is 28.4 Å². The molecule has 17 atom stereocenters. The molecule has 3 saturated heterocycles. The standard InChI is InChI=1S/C72H139NO18/c1-3-5-7-9-11-13-15-17-19-21-23-25-27-28-30-32-34-36-38-40-42-44-46-48-50-60(78)73-55(56(77)49-47-45-43-41-39-37-35-33-31-29-26-24-22-20-18-16-14-12-10-8-6-4-2)54-86-70-66(84)63(81)68(58(52-75)88-70)91-72-67(85)64(82)69(59(53-76)89-72)90-71-65(83)62(80)61(79)57(51-74)87-71/h55-59,61-72,74-77,79-85H,3-54H2,1-2H3,(H,73,78). The summed E-state index contributed by atoms with van der Waals surface area (Å²) in [7, 11) is 0. The van der Waals surface area contributed by atoms with Crippen molar-refractivity contribution in [1.82, 2.24) is 5.32 Å². The minimum Gasteiger partial charge on any atom is -0.394 e. The lowest BCUT2D eigenvalue weighted by Crippen LogP contribution is -2.66. The summed E-state index contributed by atoms with van der Waals surface area (Å²) in [5.74, 6) is -0.234. The number of nitrogens with one attached hydrogen (secondary N) is 1. The number of carbonyl (C=O) groups is 1. The summed E-state index contributed by atoms with van der Waals surface area (Å²) in [6.07, 6.45) is 33.2. The molecule has 1 amide bonds. The van der Waals surface area contributed by atoms with Gasteiger partial charge in [-0.05, 0) is 12.8 Å². The van der Waals surface area contributed by atoms with Gasteiger partial charge in [0.25, 0.3) is 0 Å². The van der Waals surface area contributed by atoms with Gasteiger partial charge in [0.05, 0.1) is 38.6 Å². The largest absolute Gasteiger partial charge is 0.394 e. The summed E-state index contributed by atoms with van der Waals surface area (Å²) in [5.41, 5.74) is 0. The van der Waals surface area contributed by atoms with Crippen LogP contribution in [0.15, 0.2) is 0 Å². The third kappa shape index (κ3) is 36.3. The highest BCUT2D eigenvalue weighted by Gasteiger charge is 2.53. The first kappa shape index (κ1) is 84.0. The van der Waals surface area contributed by atoms with E-state index < -0.39 is 124 Å². The maximum absolute atomic E-state index is 13.5. The lowest BCUT2D eigenvalue weighted by Gasteiger charge is -2.48. The van der Waals surface area contributed by atoms with Crippen molar-refractivity contribution in [2.45, 2.75) is 426 Å². The lowest BCUT2D eigenvalue weighted by molar-refractivity contribution is -0.379. The molecule has 0 radical (unpaired) electrons. The predicted molar refractivity (Wildman–Crippen MR) is 356 cm³/mol. The molecule has 3 aliphatic rings. The Morgan fingerprint density at radius 2 is 0.626 bits per heavy atom. The van der Waals surface area contributed by atoms with Gasteiger partial charge in [-0.2, -0.15) is 0 Å². The van der Waals surface area contributed by atoms with E-state index in [0.717, 1.165) is 44.9 Å². The highest BCUT2D eigenvalue weighted by Crippen LogP contribution is 2.33. The summed E-state index contributed by atoms with van der Waals surface area (Å²) in [6, 6.07) is -0.882. The van der Waals surface area contributed by atoms with E-state index in [1.807, 2.05) is 0 Å². The first-order chi connectivity index (χ1) is 44.3. The topological polar surface area (TPSA) is 307 Å². The molecule has 0 bridgehead atoms. The molecular formula is C72H139NO18. The van der Waals surface area contributed by atoms with Crippen molar-refractivity contribution in [3.05, 3.63) is 0 Å². The summed E-state index contributed by atoms with van der Waals surface area (Å²) in [4.78, 5) is 13.5. The quantitative estimate of drug-likeness (QED) is 0.0252. The normalized spacial score (nSPS) is 27.8. The Balaban J connectivity index is 1.40. The summed E-state index contributed by atoms with van der Waals surface area (Å²) in [6.45, 7) is 1.86. The van der Waals surface area contributed by atoms with Gasteiger partial charge in [-0.1, -0.05) is 303 Å². The zero-order chi connectivity index (χ0) is 66.1. The van der Waals surface area contributed by atoms with E-state index >= 15 is 0 Å². The fraction of sp³-hybridized carbons (Fsp3) is 0.986. The van der Waals surface area contributed by atoms with Crippen LogP contribution in [0.3, 0.4) is 0 Å². The number of hydrogen-bond donors (Lipinski definition) is 12. The van der Waals surface area contributed by atoms with Crippen LogP contribution in [-0.2, 0) is 33.2 Å². The molecule has 0 aromatic carbocycles. The third-order valence-electron chi connectivity index (χ3n) is 19.4. The molecule has 3 heterocycles. The number of aliphatic hydroxyl groups is 11. The number of rotatable bonds is 60. The third-order valence-corrected chi connectivity index (χ3v) is 19.4. The number of ether oxygens (including phenoxy) is 6. The zero-order valence-electron chi connectivity index (χ0n) is 57.4. The zero-order valence-corrected chi connectivity index (χ0v) is 57.4. The van der Waals surface area contributed by atoms with Crippen molar-refractivity contribution >= 4 is 5.91 Å². The van der Waals surface area contributed by atoms with Gasteiger partial charge in [0.2, 0.25) is 5.91 Å². The Bertz CT molecular complexity index is 1650. The summed E-state index contributed by atoms with van der Waals surface area (Å²) < 4.78 is 34.5. The van der Waals surface area contributed by atoms with Crippen LogP contribution in [0.4, 0.5) is 0 Å². The molecular weight excluding hydrogens is 1170 g/mol. The van der Waals surface area contributed by atoms with Gasteiger partial charge in [0, 0.05) is 6.42 Å². The van der Waals surface area contributed by atoms with Crippen molar-refractivity contribution in [3.63, 3.8) is 0 Å². The molecule has 19 nitrogen and oxygen atoms in total. The van der Waals surface area contributed by atoms with E-state index in [2.05, 4.69) is 19.2 Å². The van der Waals surface area contributed by atoms with Crippen LogP contribution in [0.5, 0.6) is 0 Å². The van der Waals surface area contributed by atoms with Gasteiger partial charge in [0.15, 0.2) is 18.9 Å². The monoisotopic (exact) mass is 1310 g/mol. The van der Waals surface area contributed by atoms with Gasteiger partial charge >= 0.3 is 0 Å². The first-order valence-electron chi connectivity index (χ1n) is 37.8. The molecule has 91 heavy (non-hydrogen) atoms. The Morgan fingerprint density at radius 1 is 0.352 bits per heavy atom. The molecule has 19 heteroatoms. The minimum absolute atomic E-state index is 0.234. The number of carbonyl (C=O) groups excluding carboxylic acids is 1. The lowest BCUT2D eigenvalue weighted by atomic mass is 9.96. The molecule has 0 saturated carbocycles. The second-order valence-electron chi connectivity index (χ2n) is 27.5. The van der Waals surface area contributed by atoms with Crippen molar-refractivity contribution < 1.29 is 89.4 Å². The van der Waals surface area contributed by atoms with Crippen LogP contribution in [0.2, 0.25) is 0 Å². The SMILES string of the molecule is CCCCCCCCCCCCCCCCCCCCCCCCCCC(=O)NC(COC1OC(CO)C(OC2OC(CO)C(OC3OC(CO)C(O)C(O)C3O)C(O)C2O)C(O)C1O)C(O)CCCCCCCCCCCCCCCCCCCCCCCC. The fourth-order valence-electron chi connectivity index (χ4n) is 13.3. The number of amides is 1. The van der Waals surface area contributed by atoms with E-state index in [0.29, 0.717) is 12.8 Å². The van der Waals surface area contributed by atoms with Crippen LogP contribution in [0.25, 0.3) is 0 Å². The Kier molecular flexibility index (Phi) is 50.6. The average Bonchev–Trinajstić information content (AvgIpc) is 0.844. The summed E-state index contributed by atoms with van der Waals surface area (Å²) in [5, 5.41) is 121. The molecule has 12 N–H and O–H groups in total. The number of hydrogen-bond acceptors (Lipinski definition) is 18. The van der Waals surface area contributed by atoms with Gasteiger partial charge in [-0.25, -0.2) is 0 Å². The number of unbranched alkanes of at least 4 members (excludes halogenated alkanes) is 44. The second kappa shape index (κ2) is 54.8. The molecule has 3 rings (SSSR count). The minimum atomic E-state index is -1.97. The van der Waals surface area contributed by atoms with Crippen LogP contribution in [-0.4, -0.2) is 193 Å². The molecule has 0 spiro atoms. The van der Waals surface area contributed by atoms with E-state index in [9.17, 15) is 61.0 Å². The van der Waals surface area contributed by atoms with Gasteiger partial charge in [-0.3, -0.25) is 4.79 Å². The van der Waals surface area contributed by atoms with Gasteiger partial charge in [0.1, 0.15) is 73.2 Å². The molecule has 0 aromatic rings. The fourth-order valence-corrected chi connectivity index (χ4v) is 13.3. The van der Waals surface area contributed by atoms with E-state index in [-0.39, 0.29) is 18.9 Å². The van der Waals surface area contributed by atoms with Gasteiger partial charge < -0.3 is 89.9 Å². The van der Waals surface area contributed by atoms with Crippen LogP contribution in [0.1, 0.15) is 322 Å². The maximum Gasteiger partial charge on any atom is 0.220 e. The van der Waals surface area contributed by atoms with E-state index in [1.54, 1.807) is 0 Å². The Morgan fingerprint density at radius 3 is 0.956 bits per heavy atom. The van der Waals surface area contributed by atoms with Crippen molar-refractivity contribution in [2.75, 3.05) is 26.4 Å². The van der Waals surface area contributed by atoms with Crippen molar-refractivity contribution in [2.24, 2.45) is 0 Å². The smallest absolute Gasteiger partial charge is 0.220 e. The second-order valence-corrected chi connectivity index (χ2v) is 27.5. The highest BCUT2D eigenvalue weighted by molar-refractivity contribution is 5.76. The summed E-state index contributed by atoms with van der Waals surface area (Å²) >= 11 is 0. The van der Waals surface area contributed by atoms with Crippen LogP contribution < -0.4 is 5.32 Å². The van der Waals surface area contributed by atoms with E-state index in [1.165, 1.54) is 244 Å². The molecule has 0 aromatic heterocycles. The average molecular weight is 1310 g/mol. The first-order valence-corrected chi connectivity index (χ1v) is 37.8. The molecule has 0 aliphatic carbocycles. The molecule has 3 fully saturated rings. The highest BCUT2D eigenvalue weighted by atomic mass is 16.8. The van der Waals surface area contributed by atoms with Crippen LogP contribution >= 0.6 is 0 Å². The number of aliphatic hydroxyl groups excluding tert-OH is 11. The van der Waals surface area contributed by atoms with Gasteiger partial charge in [-0.15, -0.1) is 0 Å². The van der Waals surface area contributed by atoms with Crippen molar-refractivity contribution in [3.8, 4) is 0 Å².